The number of ether oxygens (including phenoxy) is 1. The molecule has 2 aromatic rings. The lowest BCUT2D eigenvalue weighted by Crippen LogP contribution is -2.11. The molecule has 0 amide bonds. The number of hydrogen-bond donors (Lipinski definition) is 1. The van der Waals surface area contributed by atoms with Crippen LogP contribution < -0.4 is 0 Å². The molecule has 0 aliphatic carbocycles. The van der Waals surface area contributed by atoms with Gasteiger partial charge in [-0.1, -0.05) is 23.7 Å². The molecular weight excluding hydrogens is 328 g/mol. The number of aliphatic hydroxyl groups is 1. The Bertz CT molecular complexity index is 800. The topological polar surface area (TPSA) is 71.8 Å². The van der Waals surface area contributed by atoms with E-state index in [0.717, 1.165) is 5.56 Å². The van der Waals surface area contributed by atoms with Gasteiger partial charge in [-0.2, -0.15) is 0 Å². The lowest BCUT2D eigenvalue weighted by molar-refractivity contribution is -0.137. The number of carbonyl (C=O) groups is 1. The first-order valence-electron chi connectivity index (χ1n) is 7.35. The minimum Gasteiger partial charge on any atom is -0.506 e. The van der Waals surface area contributed by atoms with Crippen LogP contribution in [0.1, 0.15) is 18.1 Å². The maximum absolute atomic E-state index is 12.2. The first-order valence-corrected chi connectivity index (χ1v) is 7.72. The fourth-order valence-electron chi connectivity index (χ4n) is 1.97. The van der Waals surface area contributed by atoms with E-state index in [1.54, 1.807) is 25.1 Å². The Morgan fingerprint density at radius 3 is 2.83 bits per heavy atom. The number of halogens is 1. The Morgan fingerprint density at radius 1 is 1.38 bits per heavy atom. The van der Waals surface area contributed by atoms with Crippen molar-refractivity contribution in [2.75, 3.05) is 6.61 Å². The lowest BCUT2D eigenvalue weighted by atomic mass is 10.1. The van der Waals surface area contributed by atoms with E-state index in [4.69, 9.17) is 16.3 Å². The Labute approximate surface area is 145 Å². The van der Waals surface area contributed by atoms with Crippen LogP contribution in [0.25, 0.3) is 5.76 Å². The predicted molar refractivity (Wildman–Crippen MR) is 94.8 cm³/mol. The minimum atomic E-state index is -0.689. The second-order valence-electron chi connectivity index (χ2n) is 4.92. The monoisotopic (exact) mass is 344 g/mol. The van der Waals surface area contributed by atoms with Crippen molar-refractivity contribution in [3.8, 4) is 0 Å². The third-order valence-corrected chi connectivity index (χ3v) is 3.41. The van der Waals surface area contributed by atoms with Gasteiger partial charge < -0.3 is 9.84 Å². The van der Waals surface area contributed by atoms with Crippen LogP contribution in [0.4, 0.5) is 5.69 Å². The number of pyridine rings is 1. The molecule has 0 atom stereocenters. The summed E-state index contributed by atoms with van der Waals surface area (Å²) in [5.41, 5.74) is 1.83. The highest BCUT2D eigenvalue weighted by atomic mass is 35.5. The molecule has 0 radical (unpaired) electrons. The molecule has 1 N–H and O–H groups in total. The summed E-state index contributed by atoms with van der Waals surface area (Å²) in [7, 11) is 0. The first-order chi connectivity index (χ1) is 11.5. The van der Waals surface area contributed by atoms with Gasteiger partial charge in [0.2, 0.25) is 0 Å². The van der Waals surface area contributed by atoms with Crippen molar-refractivity contribution in [3.05, 3.63) is 64.4 Å². The fraction of sp³-hybridized carbons (Fsp3) is 0.167. The van der Waals surface area contributed by atoms with Gasteiger partial charge in [0, 0.05) is 12.4 Å². The molecule has 0 bridgehead atoms. The molecule has 1 aromatic heterocycles. The van der Waals surface area contributed by atoms with Gasteiger partial charge in [-0.3, -0.25) is 4.99 Å². The van der Waals surface area contributed by atoms with E-state index >= 15 is 0 Å². The predicted octanol–water partition coefficient (Wildman–Crippen LogP) is 4.28. The highest BCUT2D eigenvalue weighted by Gasteiger charge is 2.18. The van der Waals surface area contributed by atoms with Gasteiger partial charge in [0.1, 0.15) is 16.5 Å². The molecule has 5 nitrogen and oxygen atoms in total. The van der Waals surface area contributed by atoms with Gasteiger partial charge in [0.25, 0.3) is 0 Å². The van der Waals surface area contributed by atoms with Crippen molar-refractivity contribution in [2.24, 2.45) is 4.99 Å². The Kier molecular flexibility index (Phi) is 6.09. The van der Waals surface area contributed by atoms with Crippen molar-refractivity contribution >= 4 is 35.2 Å². The Morgan fingerprint density at radius 2 is 2.17 bits per heavy atom. The second-order valence-corrected chi connectivity index (χ2v) is 5.28. The van der Waals surface area contributed by atoms with Crippen LogP contribution in [0.3, 0.4) is 0 Å². The highest BCUT2D eigenvalue weighted by Crippen LogP contribution is 2.23. The number of nitrogens with zero attached hydrogens (tertiary/aromatic N) is 2. The Balaban J connectivity index is 2.47. The Hall–Kier alpha value is -2.66. The quantitative estimate of drug-likeness (QED) is 0.289. The number of aryl methyl sites for hydroxylation is 1. The van der Waals surface area contributed by atoms with Gasteiger partial charge in [0.05, 0.1) is 17.9 Å². The zero-order valence-corrected chi connectivity index (χ0v) is 14.1. The number of aliphatic hydroxyl groups excluding tert-OH is 1. The standard InChI is InChI=1S/C18H17ClN2O3/c1-3-24-18(23)15(11-21-13-7-4-6-12(2)10-13)16(22)14-8-5-9-20-17(14)19/h4-11,22H,3H2,1-2H3. The average molecular weight is 345 g/mol. The van der Waals surface area contributed by atoms with Crippen molar-refractivity contribution < 1.29 is 14.6 Å². The fourth-order valence-corrected chi connectivity index (χ4v) is 2.18. The van der Waals surface area contributed by atoms with Crippen molar-refractivity contribution in [2.45, 2.75) is 13.8 Å². The molecule has 124 valence electrons. The van der Waals surface area contributed by atoms with Gasteiger partial charge >= 0.3 is 5.97 Å². The van der Waals surface area contributed by atoms with Crippen LogP contribution in [0.5, 0.6) is 0 Å². The first kappa shape index (κ1) is 17.7. The maximum atomic E-state index is 12.2. The van der Waals surface area contributed by atoms with Crippen LogP contribution in [0.2, 0.25) is 5.15 Å². The highest BCUT2D eigenvalue weighted by molar-refractivity contribution is 6.31. The average Bonchev–Trinajstić information content (AvgIpc) is 2.55. The summed E-state index contributed by atoms with van der Waals surface area (Å²) in [4.78, 5) is 20.3. The molecule has 24 heavy (non-hydrogen) atoms. The third-order valence-electron chi connectivity index (χ3n) is 3.11. The van der Waals surface area contributed by atoms with Crippen LogP contribution in [0, 0.1) is 6.92 Å². The number of benzene rings is 1. The van der Waals surface area contributed by atoms with E-state index < -0.39 is 5.97 Å². The molecule has 6 heteroatoms. The zero-order chi connectivity index (χ0) is 17.5. The van der Waals surface area contributed by atoms with Crippen molar-refractivity contribution in [3.63, 3.8) is 0 Å². The number of aromatic nitrogens is 1. The molecule has 0 unspecified atom stereocenters. The summed E-state index contributed by atoms with van der Waals surface area (Å²) in [6, 6.07) is 10.6. The lowest BCUT2D eigenvalue weighted by Gasteiger charge is -2.07. The number of esters is 1. The molecule has 0 aliphatic heterocycles. The van der Waals surface area contributed by atoms with E-state index in [1.807, 2.05) is 25.1 Å². The van der Waals surface area contributed by atoms with E-state index in [-0.39, 0.29) is 28.7 Å². The van der Waals surface area contributed by atoms with Crippen LogP contribution in [0.15, 0.2) is 53.2 Å². The molecule has 0 aliphatic rings. The summed E-state index contributed by atoms with van der Waals surface area (Å²) < 4.78 is 4.99. The van der Waals surface area contributed by atoms with Gasteiger partial charge in [-0.05, 0) is 43.7 Å². The van der Waals surface area contributed by atoms with E-state index in [9.17, 15) is 9.90 Å². The van der Waals surface area contributed by atoms with Crippen LogP contribution in [-0.2, 0) is 9.53 Å². The van der Waals surface area contributed by atoms with Crippen molar-refractivity contribution in [1.82, 2.24) is 4.98 Å². The second kappa shape index (κ2) is 8.26. The summed E-state index contributed by atoms with van der Waals surface area (Å²) >= 11 is 5.98. The molecular formula is C18H17ClN2O3. The summed E-state index contributed by atoms with van der Waals surface area (Å²) in [6.07, 6.45) is 2.76. The third kappa shape index (κ3) is 4.43. The minimum absolute atomic E-state index is 0.0840. The SMILES string of the molecule is CCOC(=O)C(C=Nc1cccc(C)c1)=C(O)c1cccnc1Cl. The smallest absolute Gasteiger partial charge is 0.343 e. The molecule has 0 fully saturated rings. The van der Waals surface area contributed by atoms with Gasteiger partial charge in [0.15, 0.2) is 0 Å². The van der Waals surface area contributed by atoms with Gasteiger partial charge in [-0.15, -0.1) is 0 Å². The molecule has 1 heterocycles. The number of aliphatic imine (C=N–C) groups is 1. The number of hydrogen-bond acceptors (Lipinski definition) is 5. The molecule has 0 saturated carbocycles. The van der Waals surface area contributed by atoms with Crippen LogP contribution >= 0.6 is 11.6 Å². The summed E-state index contributed by atoms with van der Waals surface area (Å²) in [6.45, 7) is 3.80. The number of carbonyl (C=O) groups excluding carboxylic acids is 1. The molecule has 0 saturated heterocycles. The molecule has 0 spiro atoms. The largest absolute Gasteiger partial charge is 0.506 e. The van der Waals surface area contributed by atoms with Crippen molar-refractivity contribution in [1.29, 1.82) is 0 Å². The summed E-state index contributed by atoms with van der Waals surface area (Å²) in [5.74, 6) is -1.02. The van der Waals surface area contributed by atoms with E-state index in [1.165, 1.54) is 12.4 Å². The van der Waals surface area contributed by atoms with Crippen LogP contribution in [-0.4, -0.2) is 28.9 Å². The normalized spacial score (nSPS) is 12.1. The zero-order valence-electron chi connectivity index (χ0n) is 13.4. The summed E-state index contributed by atoms with van der Waals surface area (Å²) in [5, 5.41) is 10.5. The number of rotatable bonds is 5. The van der Waals surface area contributed by atoms with E-state index in [2.05, 4.69) is 9.98 Å². The molecule has 1 aromatic carbocycles. The van der Waals surface area contributed by atoms with Gasteiger partial charge in [-0.25, -0.2) is 9.78 Å². The molecule has 2 rings (SSSR count). The maximum Gasteiger partial charge on any atom is 0.343 e. The van der Waals surface area contributed by atoms with E-state index in [0.29, 0.717) is 5.69 Å².